The second kappa shape index (κ2) is 9.69. The number of benzene rings is 2. The number of piperazine rings is 1. The number of hydrogen-bond acceptors (Lipinski definition) is 6. The highest BCUT2D eigenvalue weighted by Gasteiger charge is 2.33. The Morgan fingerprint density at radius 2 is 1.92 bits per heavy atom. The van der Waals surface area contributed by atoms with E-state index in [1.54, 1.807) is 21.7 Å². The van der Waals surface area contributed by atoms with E-state index in [1.165, 1.54) is 11.0 Å². The molecule has 3 aromatic rings. The van der Waals surface area contributed by atoms with Gasteiger partial charge in [0.2, 0.25) is 0 Å². The Kier molecular flexibility index (Phi) is 6.44. The van der Waals surface area contributed by atoms with Crippen molar-refractivity contribution in [2.24, 2.45) is 7.05 Å². The van der Waals surface area contributed by atoms with E-state index in [0.29, 0.717) is 43.2 Å². The summed E-state index contributed by atoms with van der Waals surface area (Å²) in [4.78, 5) is 41.3. The number of ether oxygens (including phenoxy) is 1. The van der Waals surface area contributed by atoms with Crippen LogP contribution >= 0.6 is 12.6 Å². The first kappa shape index (κ1) is 23.9. The lowest BCUT2D eigenvalue weighted by molar-refractivity contribution is 0.0741. The van der Waals surface area contributed by atoms with E-state index in [9.17, 15) is 14.4 Å². The van der Waals surface area contributed by atoms with Crippen LogP contribution in [0.25, 0.3) is 10.9 Å². The first-order chi connectivity index (χ1) is 17.3. The van der Waals surface area contributed by atoms with Crippen molar-refractivity contribution in [2.45, 2.75) is 6.10 Å². The van der Waals surface area contributed by atoms with Crippen molar-refractivity contribution >= 4 is 52.1 Å². The molecule has 2 fully saturated rings. The van der Waals surface area contributed by atoms with Gasteiger partial charge >= 0.3 is 6.09 Å². The second-order valence-electron chi connectivity index (χ2n) is 8.71. The molecule has 0 bridgehead atoms. The topological polar surface area (TPSA) is 100 Å². The highest BCUT2D eigenvalue weighted by atomic mass is 32.1. The summed E-state index contributed by atoms with van der Waals surface area (Å²) >= 11 is 3.63. The molecule has 2 saturated heterocycles. The third-order valence-corrected chi connectivity index (χ3v) is 6.62. The molecule has 2 aliphatic rings. The molecule has 2 aliphatic heterocycles. The van der Waals surface area contributed by atoms with E-state index in [1.807, 2.05) is 36.2 Å². The molecular weight excluding hydrogens is 487 g/mol. The number of anilines is 2. The van der Waals surface area contributed by atoms with Gasteiger partial charge in [0.1, 0.15) is 11.9 Å². The van der Waals surface area contributed by atoms with Crippen LogP contribution in [0.1, 0.15) is 10.5 Å². The number of nitrogens with one attached hydrogen (secondary N) is 1. The van der Waals surface area contributed by atoms with Crippen molar-refractivity contribution in [2.75, 3.05) is 49.1 Å². The Bertz CT molecular complexity index is 1340. The summed E-state index contributed by atoms with van der Waals surface area (Å²) in [6.45, 7) is 2.11. The average Bonchev–Trinajstić information content (AvgIpc) is 3.42. The maximum Gasteiger partial charge on any atom is 0.414 e. The van der Waals surface area contributed by atoms with E-state index in [2.05, 4.69) is 23.0 Å². The zero-order valence-electron chi connectivity index (χ0n) is 19.6. The molecule has 0 spiro atoms. The number of carbonyl (C=O) groups is 3. The number of thiol groups is 1. The van der Waals surface area contributed by atoms with Gasteiger partial charge in [-0.05, 0) is 24.3 Å². The van der Waals surface area contributed by atoms with Crippen LogP contribution in [0.5, 0.6) is 0 Å². The monoisotopic (exact) mass is 512 g/mol. The number of aryl methyl sites for hydroxylation is 1. The molecule has 188 valence electrons. The molecule has 1 unspecified atom stereocenters. The van der Waals surface area contributed by atoms with Crippen LogP contribution in [0.15, 0.2) is 42.5 Å². The van der Waals surface area contributed by atoms with Crippen molar-refractivity contribution < 1.29 is 23.5 Å². The van der Waals surface area contributed by atoms with Gasteiger partial charge in [-0.1, -0.05) is 30.8 Å². The summed E-state index contributed by atoms with van der Waals surface area (Å²) < 4.78 is 22.0. The second-order valence-corrected chi connectivity index (χ2v) is 9.11. The highest BCUT2D eigenvalue weighted by Crippen LogP contribution is 2.29. The van der Waals surface area contributed by atoms with Crippen LogP contribution in [0, 0.1) is 5.82 Å². The van der Waals surface area contributed by atoms with Gasteiger partial charge in [-0.15, -0.1) is 0 Å². The third-order valence-electron chi connectivity index (χ3n) is 6.47. The molecule has 0 aliphatic carbocycles. The Balaban J connectivity index is 1.23. The van der Waals surface area contributed by atoms with Crippen molar-refractivity contribution in [3.63, 3.8) is 0 Å². The van der Waals surface area contributed by atoms with Crippen molar-refractivity contribution in [3.8, 4) is 0 Å². The summed E-state index contributed by atoms with van der Waals surface area (Å²) in [6.07, 6.45) is -1.15. The van der Waals surface area contributed by atoms with Gasteiger partial charge in [0.25, 0.3) is 11.1 Å². The van der Waals surface area contributed by atoms with E-state index in [0.717, 1.165) is 10.9 Å². The Hall–Kier alpha value is -3.80. The van der Waals surface area contributed by atoms with E-state index < -0.39 is 23.3 Å². The molecule has 1 atom stereocenters. The zero-order chi connectivity index (χ0) is 25.4. The summed E-state index contributed by atoms with van der Waals surface area (Å²) in [5.41, 5.74) is 2.08. The Labute approximate surface area is 212 Å². The molecule has 36 heavy (non-hydrogen) atoms. The molecule has 5 rings (SSSR count). The normalized spacial score (nSPS) is 18.0. The predicted molar refractivity (Wildman–Crippen MR) is 135 cm³/mol. The molecule has 0 saturated carbocycles. The minimum Gasteiger partial charge on any atom is -0.442 e. The number of amides is 3. The lowest BCUT2D eigenvalue weighted by atomic mass is 10.1. The minimum atomic E-state index is -0.602. The van der Waals surface area contributed by atoms with Crippen LogP contribution in [0.4, 0.5) is 25.4 Å². The smallest absolute Gasteiger partial charge is 0.414 e. The van der Waals surface area contributed by atoms with Gasteiger partial charge in [-0.2, -0.15) is 5.10 Å². The number of rotatable bonds is 5. The SMILES string of the molecule is Cn1nc(C(=O)N2CCN(c3ccc(N4CC(CNC(=O)S)OC4=O)cc3F)CC2)c2ccccc21. The molecular formula is C24H25FN6O4S. The van der Waals surface area contributed by atoms with Gasteiger partial charge in [-0.25, -0.2) is 9.18 Å². The van der Waals surface area contributed by atoms with Crippen LogP contribution in [-0.4, -0.2) is 77.3 Å². The largest absolute Gasteiger partial charge is 0.442 e. The van der Waals surface area contributed by atoms with Gasteiger partial charge in [0.15, 0.2) is 5.69 Å². The molecule has 3 amide bonds. The third kappa shape index (κ3) is 4.55. The summed E-state index contributed by atoms with van der Waals surface area (Å²) in [5.74, 6) is -0.610. The molecule has 10 nitrogen and oxygen atoms in total. The summed E-state index contributed by atoms with van der Waals surface area (Å²) in [7, 11) is 1.81. The molecule has 1 N–H and O–H groups in total. The van der Waals surface area contributed by atoms with Crippen molar-refractivity contribution in [1.29, 1.82) is 0 Å². The standard InChI is InChI=1S/C24H25FN6O4S/c1-28-19-5-3-2-4-17(19)21(27-28)22(32)30-10-8-29(9-11-30)20-7-6-15(12-18(20)25)31-14-16(35-24(31)34)13-26-23(33)36/h2-7,12,16H,8-11,13-14H2,1H3,(H2,26,33,36). The van der Waals surface area contributed by atoms with E-state index >= 15 is 4.39 Å². The maximum absolute atomic E-state index is 15.1. The summed E-state index contributed by atoms with van der Waals surface area (Å²) in [5, 5.41) is 7.19. The Morgan fingerprint density at radius 3 is 2.64 bits per heavy atom. The number of nitrogens with zero attached hydrogens (tertiary/aromatic N) is 5. The van der Waals surface area contributed by atoms with Gasteiger partial charge in [0.05, 0.1) is 30.0 Å². The molecule has 3 heterocycles. The van der Waals surface area contributed by atoms with Crippen molar-refractivity contribution in [3.05, 3.63) is 54.0 Å². The Morgan fingerprint density at radius 1 is 1.17 bits per heavy atom. The lowest BCUT2D eigenvalue weighted by Crippen LogP contribution is -2.49. The number of halogens is 1. The number of hydrogen-bond donors (Lipinski definition) is 2. The minimum absolute atomic E-state index is 0.127. The van der Waals surface area contributed by atoms with Crippen LogP contribution in [0.3, 0.4) is 0 Å². The summed E-state index contributed by atoms with van der Waals surface area (Å²) in [6, 6.07) is 12.2. The van der Waals surface area contributed by atoms with Gasteiger partial charge < -0.3 is 19.9 Å². The predicted octanol–water partition coefficient (Wildman–Crippen LogP) is 2.64. The molecule has 1 aromatic heterocycles. The molecule has 12 heteroatoms. The first-order valence-electron chi connectivity index (χ1n) is 11.5. The van der Waals surface area contributed by atoms with Crippen LogP contribution in [0.2, 0.25) is 0 Å². The number of cyclic esters (lactones) is 1. The van der Waals surface area contributed by atoms with Gasteiger partial charge in [-0.3, -0.25) is 19.2 Å². The van der Waals surface area contributed by atoms with E-state index in [-0.39, 0.29) is 19.0 Å². The average molecular weight is 513 g/mol. The number of aromatic nitrogens is 2. The first-order valence-corrected chi connectivity index (χ1v) is 12.0. The fourth-order valence-electron chi connectivity index (χ4n) is 4.63. The highest BCUT2D eigenvalue weighted by molar-refractivity contribution is 7.96. The number of fused-ring (bicyclic) bond motifs is 1. The number of carbonyl (C=O) groups excluding carboxylic acids is 3. The lowest BCUT2D eigenvalue weighted by Gasteiger charge is -2.36. The quantitative estimate of drug-likeness (QED) is 0.510. The fourth-order valence-corrected chi connectivity index (χ4v) is 4.72. The molecule has 2 aromatic carbocycles. The fraction of sp³-hybridized carbons (Fsp3) is 0.333. The van der Waals surface area contributed by atoms with Crippen LogP contribution in [-0.2, 0) is 11.8 Å². The zero-order valence-corrected chi connectivity index (χ0v) is 20.5. The van der Waals surface area contributed by atoms with Crippen molar-refractivity contribution in [1.82, 2.24) is 20.0 Å². The molecule has 0 radical (unpaired) electrons. The van der Waals surface area contributed by atoms with Crippen LogP contribution < -0.4 is 15.1 Å². The van der Waals surface area contributed by atoms with E-state index in [4.69, 9.17) is 4.74 Å². The van der Waals surface area contributed by atoms with Gasteiger partial charge in [0, 0.05) is 38.6 Å². The number of para-hydroxylation sites is 1. The maximum atomic E-state index is 15.1.